The Bertz CT molecular complexity index is 1900. The summed E-state index contributed by atoms with van der Waals surface area (Å²) in [5.74, 6) is 0. The number of hydrogen-bond acceptors (Lipinski definition) is 9. The molecule has 9 heteroatoms. The summed E-state index contributed by atoms with van der Waals surface area (Å²) < 4.78 is 14.2. The van der Waals surface area contributed by atoms with Crippen LogP contribution in [0.5, 0.6) is 0 Å². The van der Waals surface area contributed by atoms with Gasteiger partial charge in [0.25, 0.3) is 0 Å². The molecule has 0 amide bonds. The van der Waals surface area contributed by atoms with Gasteiger partial charge in [-0.15, -0.1) is 0 Å². The fourth-order valence-corrected chi connectivity index (χ4v) is 4.73. The summed E-state index contributed by atoms with van der Waals surface area (Å²) in [6.07, 6.45) is 0. The van der Waals surface area contributed by atoms with Crippen LogP contribution in [0.25, 0.3) is 64.6 Å². The minimum Gasteiger partial charge on any atom is -0.386 e. The Morgan fingerprint density at radius 2 is 0.424 bits per heavy atom. The maximum atomic E-state index is 12.2. The lowest BCUT2D eigenvalue weighted by Crippen LogP contribution is -1.94. The lowest BCUT2D eigenvalue weighted by atomic mass is 9.91. The highest BCUT2D eigenvalue weighted by Gasteiger charge is 2.20. The topological polar surface area (TPSA) is 142 Å². The molecule has 0 unspecified atom stereocenters. The van der Waals surface area contributed by atoms with Crippen LogP contribution in [0, 0.1) is 0 Å². The molecule has 0 aliphatic heterocycles. The first-order chi connectivity index (χ1) is 15.8. The van der Waals surface area contributed by atoms with E-state index in [0.717, 1.165) is 0 Å². The molecule has 33 heavy (non-hydrogen) atoms. The predicted octanol–water partition coefficient (Wildman–Crippen LogP) is 1.86. The lowest BCUT2D eigenvalue weighted by Gasteiger charge is -2.10. The molecule has 0 radical (unpaired) electrons. The molecule has 0 saturated carbocycles. The molecule has 0 spiro atoms. The second-order valence-electron chi connectivity index (χ2n) is 7.86. The Labute approximate surface area is 177 Å². The first kappa shape index (κ1) is 17.7. The Balaban J connectivity index is 1.90. The number of furan rings is 3. The van der Waals surface area contributed by atoms with Gasteiger partial charge in [0, 0.05) is 0 Å². The maximum absolute atomic E-state index is 12.2. The summed E-state index contributed by atoms with van der Waals surface area (Å²) in [4.78, 5) is 73.0. The summed E-state index contributed by atoms with van der Waals surface area (Å²) in [6, 6.07) is 8.86. The van der Waals surface area contributed by atoms with Crippen molar-refractivity contribution >= 4 is 64.6 Å². The second kappa shape index (κ2) is 5.46. The molecule has 0 aliphatic carbocycles. The van der Waals surface area contributed by atoms with E-state index >= 15 is 0 Å². The second-order valence-corrected chi connectivity index (χ2v) is 7.86. The van der Waals surface area contributed by atoms with Gasteiger partial charge in [-0.2, -0.15) is 0 Å². The van der Waals surface area contributed by atoms with Crippen molar-refractivity contribution in [3.63, 3.8) is 0 Å². The van der Waals surface area contributed by atoms with E-state index in [1.54, 1.807) is 0 Å². The van der Waals surface area contributed by atoms with E-state index < -0.39 is 33.8 Å². The molecule has 0 atom stereocenters. The van der Waals surface area contributed by atoms with Crippen LogP contribution in [0.15, 0.2) is 78.4 Å². The number of hydrogen-bond donors (Lipinski definition) is 0. The van der Waals surface area contributed by atoms with Crippen LogP contribution < -0.4 is 33.8 Å². The van der Waals surface area contributed by atoms with Gasteiger partial charge < -0.3 is 13.3 Å². The number of rotatable bonds is 0. The monoisotopic (exact) mass is 438 g/mol. The van der Waals surface area contributed by atoms with E-state index in [9.17, 15) is 28.8 Å². The maximum Gasteiger partial charge on any atom is 0.346 e. The Hall–Kier alpha value is -4.92. The Morgan fingerprint density at radius 3 is 0.576 bits per heavy atom. The molecule has 156 valence electrons. The molecule has 9 nitrogen and oxygen atoms in total. The van der Waals surface area contributed by atoms with Crippen LogP contribution in [-0.2, 0) is 0 Å². The largest absolute Gasteiger partial charge is 0.386 e. The van der Waals surface area contributed by atoms with Crippen LogP contribution in [0.2, 0.25) is 0 Å². The fourth-order valence-electron chi connectivity index (χ4n) is 4.73. The number of benzene rings is 4. The zero-order chi connectivity index (χ0) is 22.8. The van der Waals surface area contributed by atoms with E-state index in [4.69, 9.17) is 13.3 Å². The van der Waals surface area contributed by atoms with Gasteiger partial charge in [0.1, 0.15) is 0 Å². The van der Waals surface area contributed by atoms with Crippen molar-refractivity contribution in [2.24, 2.45) is 0 Å². The molecule has 0 bridgehead atoms. The molecular weight excluding hydrogens is 432 g/mol. The highest BCUT2D eigenvalue weighted by molar-refractivity contribution is 6.30. The van der Waals surface area contributed by atoms with Crippen LogP contribution >= 0.6 is 0 Å². The molecule has 7 aromatic rings. The van der Waals surface area contributed by atoms with E-state index in [2.05, 4.69) is 0 Å². The summed E-state index contributed by atoms with van der Waals surface area (Å²) in [5, 5.41) is 3.24. The summed E-state index contributed by atoms with van der Waals surface area (Å²) in [6.45, 7) is 0. The molecular formula is C24H6O9. The SMILES string of the molecule is O=c1oc(=O)c2cc3c(cc12)c1cc2c(=O)oc(=O)c2cc1c1cc2c(=O)oc(=O)c2cc31. The minimum absolute atomic E-state index is 0.0584. The van der Waals surface area contributed by atoms with Crippen molar-refractivity contribution in [3.8, 4) is 0 Å². The third-order valence-corrected chi connectivity index (χ3v) is 6.22. The Kier molecular flexibility index (Phi) is 2.93. The predicted molar refractivity (Wildman–Crippen MR) is 119 cm³/mol. The van der Waals surface area contributed by atoms with Gasteiger partial charge in [0.05, 0.1) is 32.3 Å². The van der Waals surface area contributed by atoms with Crippen molar-refractivity contribution in [1.29, 1.82) is 0 Å². The first-order valence-corrected chi connectivity index (χ1v) is 9.66. The summed E-state index contributed by atoms with van der Waals surface area (Å²) in [5.41, 5.74) is -4.81. The highest BCUT2D eigenvalue weighted by atomic mass is 16.4. The van der Waals surface area contributed by atoms with Crippen molar-refractivity contribution in [1.82, 2.24) is 0 Å². The molecule has 0 aliphatic rings. The van der Waals surface area contributed by atoms with Crippen LogP contribution in [0.1, 0.15) is 0 Å². The van der Waals surface area contributed by atoms with Crippen LogP contribution in [-0.4, -0.2) is 0 Å². The molecule has 3 heterocycles. The van der Waals surface area contributed by atoms with E-state index in [1.165, 1.54) is 36.4 Å². The van der Waals surface area contributed by atoms with Crippen LogP contribution in [0.4, 0.5) is 0 Å². The van der Waals surface area contributed by atoms with Gasteiger partial charge in [-0.3, -0.25) is 0 Å². The average Bonchev–Trinajstić information content (AvgIpc) is 3.35. The molecule has 3 aromatic heterocycles. The van der Waals surface area contributed by atoms with Gasteiger partial charge in [-0.05, 0) is 68.7 Å². The summed E-state index contributed by atoms with van der Waals surface area (Å²) >= 11 is 0. The fraction of sp³-hybridized carbons (Fsp3) is 0. The normalized spacial score (nSPS) is 12.4. The molecule has 7 rings (SSSR count). The first-order valence-electron chi connectivity index (χ1n) is 9.66. The summed E-state index contributed by atoms with van der Waals surface area (Å²) in [7, 11) is 0. The minimum atomic E-state index is -0.802. The van der Waals surface area contributed by atoms with Crippen molar-refractivity contribution in [3.05, 3.63) is 98.9 Å². The van der Waals surface area contributed by atoms with E-state index in [1.807, 2.05) is 0 Å². The van der Waals surface area contributed by atoms with Gasteiger partial charge in [-0.25, -0.2) is 28.8 Å². The van der Waals surface area contributed by atoms with Crippen molar-refractivity contribution in [2.75, 3.05) is 0 Å². The molecule has 0 saturated heterocycles. The third-order valence-electron chi connectivity index (χ3n) is 6.22. The molecule has 0 fully saturated rings. The third kappa shape index (κ3) is 2.05. The Morgan fingerprint density at radius 1 is 0.273 bits per heavy atom. The van der Waals surface area contributed by atoms with E-state index in [0.29, 0.717) is 32.3 Å². The van der Waals surface area contributed by atoms with Crippen LogP contribution in [0.3, 0.4) is 0 Å². The quantitative estimate of drug-likeness (QED) is 0.324. The molecule has 4 aromatic carbocycles. The zero-order valence-corrected chi connectivity index (χ0v) is 16.1. The standard InChI is InChI=1S/C24H6O9/c25-19-13-1-7-8(2-14(13)20(26)31-19)10-4-17-18(24(30)33-23(17)29)6-12(10)11-5-16-15(3-9(7)11)21(27)32-22(16)28/h1-6H. The van der Waals surface area contributed by atoms with Gasteiger partial charge >= 0.3 is 33.8 Å². The number of fused-ring (bicyclic) bond motifs is 9. The average molecular weight is 438 g/mol. The lowest BCUT2D eigenvalue weighted by molar-refractivity contribution is 0.499. The van der Waals surface area contributed by atoms with Gasteiger partial charge in [-0.1, -0.05) is 0 Å². The smallest absolute Gasteiger partial charge is 0.346 e. The molecule has 0 N–H and O–H groups in total. The van der Waals surface area contributed by atoms with Crippen molar-refractivity contribution < 1.29 is 13.3 Å². The van der Waals surface area contributed by atoms with Gasteiger partial charge in [0.15, 0.2) is 0 Å². The van der Waals surface area contributed by atoms with Crippen molar-refractivity contribution in [2.45, 2.75) is 0 Å². The highest BCUT2D eigenvalue weighted by Crippen LogP contribution is 2.38. The zero-order valence-electron chi connectivity index (χ0n) is 16.1. The van der Waals surface area contributed by atoms with E-state index in [-0.39, 0.29) is 32.3 Å². The van der Waals surface area contributed by atoms with Gasteiger partial charge in [0.2, 0.25) is 0 Å².